The highest BCUT2D eigenvalue weighted by atomic mass is 35.5. The zero-order chi connectivity index (χ0) is 29.9. The molecule has 2 saturated heterocycles. The second-order valence-corrected chi connectivity index (χ2v) is 12.8. The maximum absolute atomic E-state index is 13.8. The van der Waals surface area contributed by atoms with Crippen molar-refractivity contribution in [3.8, 4) is 0 Å². The van der Waals surface area contributed by atoms with E-state index in [-0.39, 0.29) is 18.4 Å². The molecule has 1 N–H and O–H groups in total. The van der Waals surface area contributed by atoms with E-state index in [1.807, 2.05) is 60.9 Å². The van der Waals surface area contributed by atoms with Crippen molar-refractivity contribution >= 4 is 35.0 Å². The van der Waals surface area contributed by atoms with E-state index in [1.165, 1.54) is 5.56 Å². The quantitative estimate of drug-likeness (QED) is 0.355. The van der Waals surface area contributed by atoms with Crippen molar-refractivity contribution < 1.29 is 9.59 Å². The number of benzene rings is 3. The molecule has 2 fully saturated rings. The van der Waals surface area contributed by atoms with Gasteiger partial charge >= 0.3 is 0 Å². The minimum atomic E-state index is -0.765. The summed E-state index contributed by atoms with van der Waals surface area (Å²) < 4.78 is 0. The van der Waals surface area contributed by atoms with Gasteiger partial charge in [0.1, 0.15) is 0 Å². The van der Waals surface area contributed by atoms with Gasteiger partial charge in [0.25, 0.3) is 5.91 Å². The van der Waals surface area contributed by atoms with Crippen LogP contribution in [0.2, 0.25) is 10.0 Å². The van der Waals surface area contributed by atoms with Gasteiger partial charge in [-0.05, 0) is 82.1 Å². The van der Waals surface area contributed by atoms with Crippen molar-refractivity contribution in [2.75, 3.05) is 39.3 Å². The first-order valence-corrected chi connectivity index (χ1v) is 15.5. The molecule has 222 valence electrons. The van der Waals surface area contributed by atoms with E-state index in [0.717, 1.165) is 49.2 Å². The summed E-state index contributed by atoms with van der Waals surface area (Å²) in [6, 6.07) is 22.3. The molecule has 2 aliphatic rings. The lowest BCUT2D eigenvalue weighted by molar-refractivity contribution is -0.140. The minimum absolute atomic E-state index is 0.0220. The van der Waals surface area contributed by atoms with Gasteiger partial charge in [0.15, 0.2) is 0 Å². The Kier molecular flexibility index (Phi) is 9.58. The summed E-state index contributed by atoms with van der Waals surface area (Å²) >= 11 is 12.7. The molecule has 0 spiro atoms. The molecule has 0 aromatic heterocycles. The monoisotopic (exact) mass is 606 g/mol. The molecule has 0 radical (unpaired) electrons. The van der Waals surface area contributed by atoms with Crippen LogP contribution in [0.5, 0.6) is 0 Å². The molecule has 0 saturated carbocycles. The Balaban J connectivity index is 1.27. The molecule has 5 rings (SSSR count). The van der Waals surface area contributed by atoms with Gasteiger partial charge in [-0.2, -0.15) is 0 Å². The van der Waals surface area contributed by atoms with Gasteiger partial charge in [0, 0.05) is 37.8 Å². The molecule has 0 bridgehead atoms. The molecule has 3 aromatic carbocycles. The Morgan fingerprint density at radius 2 is 1.57 bits per heavy atom. The number of halogens is 2. The number of carbonyl (C=O) groups is 2. The molecule has 42 heavy (non-hydrogen) atoms. The van der Waals surface area contributed by atoms with Gasteiger partial charge in [-0.15, -0.1) is 0 Å². The highest BCUT2D eigenvalue weighted by Crippen LogP contribution is 2.36. The molecule has 8 heteroatoms. The van der Waals surface area contributed by atoms with Crippen molar-refractivity contribution in [1.82, 2.24) is 20.0 Å². The fourth-order valence-electron chi connectivity index (χ4n) is 6.40. The predicted octanol–water partition coefficient (Wildman–Crippen LogP) is 6.06. The first kappa shape index (κ1) is 30.6. The Bertz CT molecular complexity index is 1400. The number of piperazine rings is 1. The fourth-order valence-corrected chi connectivity index (χ4v) is 6.70. The van der Waals surface area contributed by atoms with Gasteiger partial charge < -0.3 is 15.1 Å². The number of nitrogens with zero attached hydrogens (tertiary/aromatic N) is 3. The summed E-state index contributed by atoms with van der Waals surface area (Å²) in [4.78, 5) is 33.7. The standard InChI is InChI=1S/C34H40Cl2N4O2/c1-24-17-25(2)19-27(18-24)33(42)39-15-16-40(34(3,23-39)28-9-10-30(35)31(36)20-28)32(41)21-37-29-11-13-38(14-12-29)22-26-7-5-4-6-8-26/h4-10,17-20,29,37H,11-16,21-23H2,1-3H3. The average molecular weight is 608 g/mol. The Morgan fingerprint density at radius 3 is 2.24 bits per heavy atom. The third-order valence-corrected chi connectivity index (χ3v) is 9.40. The number of nitrogens with one attached hydrogen (secondary N) is 1. The number of carbonyl (C=O) groups excluding carboxylic acids is 2. The topological polar surface area (TPSA) is 55.9 Å². The van der Waals surface area contributed by atoms with Gasteiger partial charge in [-0.3, -0.25) is 14.5 Å². The Hall–Kier alpha value is -2.90. The fraction of sp³-hybridized carbons (Fsp3) is 0.412. The Morgan fingerprint density at radius 1 is 0.881 bits per heavy atom. The lowest BCUT2D eigenvalue weighted by Gasteiger charge is -2.49. The number of aryl methyl sites for hydroxylation is 2. The number of piperidine rings is 1. The highest BCUT2D eigenvalue weighted by Gasteiger charge is 2.43. The molecule has 6 nitrogen and oxygen atoms in total. The van der Waals surface area contributed by atoms with Crippen LogP contribution < -0.4 is 5.32 Å². The average Bonchev–Trinajstić information content (AvgIpc) is 2.97. The number of rotatable bonds is 7. The van der Waals surface area contributed by atoms with Gasteiger partial charge in [-0.1, -0.05) is 76.8 Å². The van der Waals surface area contributed by atoms with Crippen LogP contribution in [-0.2, 0) is 16.9 Å². The van der Waals surface area contributed by atoms with Crippen molar-refractivity contribution in [2.45, 2.75) is 51.7 Å². The second kappa shape index (κ2) is 13.2. The summed E-state index contributed by atoms with van der Waals surface area (Å²) in [5.74, 6) is -0.00522. The highest BCUT2D eigenvalue weighted by molar-refractivity contribution is 6.42. The number of likely N-dealkylation sites (tertiary alicyclic amines) is 1. The largest absolute Gasteiger partial charge is 0.334 e. The summed E-state index contributed by atoms with van der Waals surface area (Å²) in [6.45, 7) is 10.5. The first-order chi connectivity index (χ1) is 20.1. The van der Waals surface area contributed by atoms with Crippen LogP contribution in [0.3, 0.4) is 0 Å². The summed E-state index contributed by atoms with van der Waals surface area (Å²) in [7, 11) is 0. The van der Waals surface area contributed by atoms with Crippen molar-refractivity contribution in [3.05, 3.63) is 105 Å². The molecule has 2 aliphatic heterocycles. The SMILES string of the molecule is Cc1cc(C)cc(C(=O)N2CCN(C(=O)CNC3CCN(Cc4ccccc4)CC3)C(C)(c3ccc(Cl)c(Cl)c3)C2)c1. The normalized spacial score (nSPS) is 20.1. The number of hydrogen-bond donors (Lipinski definition) is 1. The molecule has 3 aromatic rings. The molecule has 2 heterocycles. The maximum atomic E-state index is 13.8. The van der Waals surface area contributed by atoms with E-state index in [9.17, 15) is 9.59 Å². The lowest BCUT2D eigenvalue weighted by Crippen LogP contribution is -2.63. The van der Waals surface area contributed by atoms with E-state index in [2.05, 4.69) is 40.5 Å². The summed E-state index contributed by atoms with van der Waals surface area (Å²) in [6.07, 6.45) is 2.00. The van der Waals surface area contributed by atoms with Crippen LogP contribution in [0.25, 0.3) is 0 Å². The van der Waals surface area contributed by atoms with E-state index in [1.54, 1.807) is 6.07 Å². The number of amides is 2. The predicted molar refractivity (Wildman–Crippen MR) is 170 cm³/mol. The van der Waals surface area contributed by atoms with Crippen LogP contribution in [0, 0.1) is 13.8 Å². The third kappa shape index (κ3) is 7.00. The molecule has 1 unspecified atom stereocenters. The van der Waals surface area contributed by atoms with E-state index >= 15 is 0 Å². The van der Waals surface area contributed by atoms with E-state index < -0.39 is 5.54 Å². The van der Waals surface area contributed by atoms with Crippen LogP contribution in [0.15, 0.2) is 66.7 Å². The van der Waals surface area contributed by atoms with Crippen LogP contribution in [-0.4, -0.2) is 71.8 Å². The molecular weight excluding hydrogens is 567 g/mol. The minimum Gasteiger partial charge on any atom is -0.334 e. The summed E-state index contributed by atoms with van der Waals surface area (Å²) in [5.41, 5.74) is 4.20. The lowest BCUT2D eigenvalue weighted by atomic mass is 9.86. The maximum Gasteiger partial charge on any atom is 0.254 e. The second-order valence-electron chi connectivity index (χ2n) is 12.0. The first-order valence-electron chi connectivity index (χ1n) is 14.8. The molecule has 1 atom stereocenters. The molecular formula is C34H40Cl2N4O2. The van der Waals surface area contributed by atoms with Crippen molar-refractivity contribution in [1.29, 1.82) is 0 Å². The zero-order valence-corrected chi connectivity index (χ0v) is 26.2. The van der Waals surface area contributed by atoms with E-state index in [4.69, 9.17) is 23.2 Å². The van der Waals surface area contributed by atoms with Gasteiger partial charge in [0.05, 0.1) is 22.1 Å². The van der Waals surface area contributed by atoms with Crippen molar-refractivity contribution in [3.63, 3.8) is 0 Å². The van der Waals surface area contributed by atoms with E-state index in [0.29, 0.717) is 41.3 Å². The van der Waals surface area contributed by atoms with Crippen LogP contribution in [0.1, 0.15) is 52.4 Å². The summed E-state index contributed by atoms with van der Waals surface area (Å²) in [5, 5.41) is 4.43. The molecule has 0 aliphatic carbocycles. The van der Waals surface area contributed by atoms with Gasteiger partial charge in [-0.25, -0.2) is 0 Å². The molecule has 2 amide bonds. The van der Waals surface area contributed by atoms with Gasteiger partial charge in [0.2, 0.25) is 5.91 Å². The Labute approximate surface area is 259 Å². The zero-order valence-electron chi connectivity index (χ0n) is 24.7. The van der Waals surface area contributed by atoms with Crippen LogP contribution >= 0.6 is 23.2 Å². The smallest absolute Gasteiger partial charge is 0.254 e. The third-order valence-electron chi connectivity index (χ3n) is 8.66. The van der Waals surface area contributed by atoms with Crippen LogP contribution in [0.4, 0.5) is 0 Å². The number of hydrogen-bond acceptors (Lipinski definition) is 4. The van der Waals surface area contributed by atoms with Crippen molar-refractivity contribution in [2.24, 2.45) is 0 Å².